The number of aliphatic hydroxyl groups excluding tert-OH is 1. The molecular weight excluding hydrogens is 218 g/mol. The Bertz CT molecular complexity index is 382. The number of likely N-dealkylation sites (N-methyl/N-ethyl adjacent to an activating group) is 1. The van der Waals surface area contributed by atoms with Crippen molar-refractivity contribution >= 4 is 6.03 Å². The van der Waals surface area contributed by atoms with E-state index in [1.807, 2.05) is 19.1 Å². The van der Waals surface area contributed by atoms with Gasteiger partial charge in [-0.3, -0.25) is 4.98 Å². The van der Waals surface area contributed by atoms with Crippen LogP contribution in [0.2, 0.25) is 0 Å². The third-order valence-corrected chi connectivity index (χ3v) is 2.77. The summed E-state index contributed by atoms with van der Waals surface area (Å²) in [6, 6.07) is 3.41. The van der Waals surface area contributed by atoms with Gasteiger partial charge in [0, 0.05) is 13.2 Å². The van der Waals surface area contributed by atoms with Crippen molar-refractivity contribution in [1.29, 1.82) is 0 Å². The Morgan fingerprint density at radius 3 is 2.94 bits per heavy atom. The zero-order valence-electron chi connectivity index (χ0n) is 10.5. The number of urea groups is 1. The normalized spacial score (nSPS) is 12.0. The van der Waals surface area contributed by atoms with Gasteiger partial charge in [0.25, 0.3) is 0 Å². The first-order chi connectivity index (χ1) is 8.06. The van der Waals surface area contributed by atoms with Gasteiger partial charge in [0.05, 0.1) is 24.9 Å². The summed E-state index contributed by atoms with van der Waals surface area (Å²) in [4.78, 5) is 17.4. The Labute approximate surface area is 101 Å². The molecule has 0 bridgehead atoms. The van der Waals surface area contributed by atoms with Crippen LogP contribution in [0.4, 0.5) is 4.79 Å². The lowest BCUT2D eigenvalue weighted by Crippen LogP contribution is -2.43. The van der Waals surface area contributed by atoms with E-state index in [1.165, 1.54) is 4.90 Å². The van der Waals surface area contributed by atoms with Gasteiger partial charge < -0.3 is 15.3 Å². The highest BCUT2D eigenvalue weighted by molar-refractivity contribution is 5.74. The summed E-state index contributed by atoms with van der Waals surface area (Å²) in [7, 11) is 1.65. The van der Waals surface area contributed by atoms with Crippen LogP contribution in [0.15, 0.2) is 18.3 Å². The van der Waals surface area contributed by atoms with E-state index >= 15 is 0 Å². The second-order valence-electron chi connectivity index (χ2n) is 4.07. The smallest absolute Gasteiger partial charge is 0.317 e. The van der Waals surface area contributed by atoms with E-state index in [4.69, 9.17) is 5.11 Å². The van der Waals surface area contributed by atoms with Gasteiger partial charge in [-0.15, -0.1) is 0 Å². The van der Waals surface area contributed by atoms with Crippen molar-refractivity contribution in [1.82, 2.24) is 15.2 Å². The molecule has 0 radical (unpaired) electrons. The zero-order chi connectivity index (χ0) is 12.8. The van der Waals surface area contributed by atoms with Crippen LogP contribution in [-0.4, -0.2) is 40.7 Å². The molecule has 1 rings (SSSR count). The highest BCUT2D eigenvalue weighted by Gasteiger charge is 2.14. The number of aliphatic hydroxyl groups is 1. The summed E-state index contributed by atoms with van der Waals surface area (Å²) >= 11 is 0. The maximum atomic E-state index is 11.7. The van der Waals surface area contributed by atoms with Gasteiger partial charge in [0.15, 0.2) is 0 Å². The van der Waals surface area contributed by atoms with E-state index in [9.17, 15) is 4.79 Å². The monoisotopic (exact) mass is 237 g/mol. The quantitative estimate of drug-likeness (QED) is 0.818. The van der Waals surface area contributed by atoms with Gasteiger partial charge >= 0.3 is 6.03 Å². The molecule has 0 spiro atoms. The molecule has 0 saturated carbocycles. The molecule has 1 heterocycles. The first-order valence-electron chi connectivity index (χ1n) is 5.58. The summed E-state index contributed by atoms with van der Waals surface area (Å²) in [5, 5.41) is 11.7. The number of carbonyl (C=O) groups is 1. The van der Waals surface area contributed by atoms with Crippen molar-refractivity contribution in [2.75, 3.05) is 13.7 Å². The Balaban J connectivity index is 2.51. The van der Waals surface area contributed by atoms with Crippen LogP contribution in [-0.2, 0) is 6.54 Å². The van der Waals surface area contributed by atoms with Gasteiger partial charge in [-0.25, -0.2) is 4.79 Å². The van der Waals surface area contributed by atoms with Gasteiger partial charge in [-0.1, -0.05) is 6.07 Å². The molecule has 0 aliphatic rings. The van der Waals surface area contributed by atoms with E-state index in [-0.39, 0.29) is 18.7 Å². The minimum atomic E-state index is -0.211. The first kappa shape index (κ1) is 13.4. The molecule has 1 atom stereocenters. The van der Waals surface area contributed by atoms with Crippen LogP contribution < -0.4 is 5.32 Å². The molecule has 94 valence electrons. The fourth-order valence-corrected chi connectivity index (χ4v) is 1.31. The summed E-state index contributed by atoms with van der Waals surface area (Å²) < 4.78 is 0. The zero-order valence-corrected chi connectivity index (χ0v) is 10.5. The molecule has 1 unspecified atom stereocenters. The Morgan fingerprint density at radius 2 is 2.35 bits per heavy atom. The van der Waals surface area contributed by atoms with Crippen LogP contribution >= 0.6 is 0 Å². The predicted molar refractivity (Wildman–Crippen MR) is 65.5 cm³/mol. The molecule has 1 aromatic heterocycles. The molecule has 0 aliphatic heterocycles. The van der Waals surface area contributed by atoms with Crippen LogP contribution in [0, 0.1) is 6.92 Å². The number of pyridine rings is 1. The van der Waals surface area contributed by atoms with Crippen molar-refractivity contribution in [3.63, 3.8) is 0 Å². The second-order valence-corrected chi connectivity index (χ2v) is 4.07. The molecule has 17 heavy (non-hydrogen) atoms. The van der Waals surface area contributed by atoms with Crippen LogP contribution in [0.25, 0.3) is 0 Å². The number of hydrogen-bond acceptors (Lipinski definition) is 3. The lowest BCUT2D eigenvalue weighted by atomic mass is 10.2. The van der Waals surface area contributed by atoms with E-state index in [0.717, 1.165) is 11.3 Å². The summed E-state index contributed by atoms with van der Waals surface area (Å²) in [6.45, 7) is 4.08. The van der Waals surface area contributed by atoms with E-state index in [0.29, 0.717) is 6.54 Å². The first-order valence-corrected chi connectivity index (χ1v) is 5.58. The van der Waals surface area contributed by atoms with Gasteiger partial charge in [-0.05, 0) is 25.5 Å². The van der Waals surface area contributed by atoms with Gasteiger partial charge in [0.1, 0.15) is 0 Å². The number of rotatable bonds is 4. The molecule has 5 heteroatoms. The predicted octanol–water partition coefficient (Wildman–Crippen LogP) is 0.912. The van der Waals surface area contributed by atoms with Crippen LogP contribution in [0.5, 0.6) is 0 Å². The molecular formula is C12H19N3O2. The maximum Gasteiger partial charge on any atom is 0.317 e. The number of aryl methyl sites for hydroxylation is 1. The highest BCUT2D eigenvalue weighted by atomic mass is 16.3. The molecule has 0 aliphatic carbocycles. The second kappa shape index (κ2) is 6.20. The van der Waals surface area contributed by atoms with E-state index < -0.39 is 0 Å². The van der Waals surface area contributed by atoms with Crippen molar-refractivity contribution in [3.8, 4) is 0 Å². The minimum Gasteiger partial charge on any atom is -0.394 e. The lowest BCUT2D eigenvalue weighted by Gasteiger charge is -2.23. The van der Waals surface area contributed by atoms with Crippen molar-refractivity contribution in [3.05, 3.63) is 29.6 Å². The molecule has 2 amide bonds. The SMILES string of the molecule is Cc1cccnc1CNC(=O)N(C)C(C)CO. The Morgan fingerprint density at radius 1 is 1.65 bits per heavy atom. The van der Waals surface area contributed by atoms with Crippen LogP contribution in [0.1, 0.15) is 18.2 Å². The van der Waals surface area contributed by atoms with E-state index in [1.54, 1.807) is 20.2 Å². The number of nitrogens with zero attached hydrogens (tertiary/aromatic N) is 2. The van der Waals surface area contributed by atoms with E-state index in [2.05, 4.69) is 10.3 Å². The largest absolute Gasteiger partial charge is 0.394 e. The fourth-order valence-electron chi connectivity index (χ4n) is 1.31. The van der Waals surface area contributed by atoms with Gasteiger partial charge in [0.2, 0.25) is 0 Å². The number of nitrogens with one attached hydrogen (secondary N) is 1. The molecule has 0 saturated heterocycles. The molecule has 2 N–H and O–H groups in total. The average Bonchev–Trinajstić information content (AvgIpc) is 2.35. The standard InChI is InChI=1S/C12H19N3O2/c1-9-5-4-6-13-11(9)7-14-12(17)15(3)10(2)8-16/h4-6,10,16H,7-8H2,1-3H3,(H,14,17). The topological polar surface area (TPSA) is 65.5 Å². The third-order valence-electron chi connectivity index (χ3n) is 2.77. The number of aromatic nitrogens is 1. The maximum absolute atomic E-state index is 11.7. The van der Waals surface area contributed by atoms with Gasteiger partial charge in [-0.2, -0.15) is 0 Å². The number of carbonyl (C=O) groups excluding carboxylic acids is 1. The fraction of sp³-hybridized carbons (Fsp3) is 0.500. The Hall–Kier alpha value is -1.62. The van der Waals surface area contributed by atoms with Crippen LogP contribution in [0.3, 0.4) is 0 Å². The van der Waals surface area contributed by atoms with Crippen molar-refractivity contribution in [2.24, 2.45) is 0 Å². The highest BCUT2D eigenvalue weighted by Crippen LogP contribution is 2.03. The minimum absolute atomic E-state index is 0.0491. The molecule has 0 fully saturated rings. The third kappa shape index (κ3) is 3.71. The van der Waals surface area contributed by atoms with Crippen molar-refractivity contribution < 1.29 is 9.90 Å². The summed E-state index contributed by atoms with van der Waals surface area (Å²) in [5.41, 5.74) is 1.90. The number of hydrogen-bond donors (Lipinski definition) is 2. The molecule has 5 nitrogen and oxygen atoms in total. The summed E-state index contributed by atoms with van der Waals surface area (Å²) in [5.74, 6) is 0. The van der Waals surface area contributed by atoms with Crippen molar-refractivity contribution in [2.45, 2.75) is 26.4 Å². The Kier molecular flexibility index (Phi) is 4.90. The lowest BCUT2D eigenvalue weighted by molar-refractivity contribution is 0.157. The summed E-state index contributed by atoms with van der Waals surface area (Å²) in [6.07, 6.45) is 1.70. The molecule has 0 aromatic carbocycles. The molecule has 1 aromatic rings. The average molecular weight is 237 g/mol. The number of amides is 2.